The van der Waals surface area contributed by atoms with Crippen LogP contribution >= 0.6 is 0 Å². The van der Waals surface area contributed by atoms with Crippen LogP contribution in [0.1, 0.15) is 25.7 Å². The van der Waals surface area contributed by atoms with Gasteiger partial charge < -0.3 is 14.8 Å². The Hall–Kier alpha value is -1.66. The van der Waals surface area contributed by atoms with Gasteiger partial charge in [0.05, 0.1) is 17.1 Å². The fourth-order valence-electron chi connectivity index (χ4n) is 2.71. The Morgan fingerprint density at radius 2 is 2.19 bits per heavy atom. The highest BCUT2D eigenvalue weighted by atomic mass is 16.6. The molecule has 6 nitrogen and oxygen atoms in total. The van der Waals surface area contributed by atoms with Gasteiger partial charge in [0.25, 0.3) is 5.69 Å². The highest BCUT2D eigenvalue weighted by Gasteiger charge is 2.23. The van der Waals surface area contributed by atoms with Crippen LogP contribution in [0.15, 0.2) is 24.3 Å². The van der Waals surface area contributed by atoms with Crippen LogP contribution < -0.4 is 10.1 Å². The van der Waals surface area contributed by atoms with Crippen LogP contribution in [-0.4, -0.2) is 37.3 Å². The largest absolute Gasteiger partial charge is 0.492 e. The number of benzene rings is 1. The van der Waals surface area contributed by atoms with E-state index < -0.39 is 4.92 Å². The number of nitrogens with zero attached hydrogens (tertiary/aromatic N) is 1. The minimum absolute atomic E-state index is 0.0483. The first-order valence-electron chi connectivity index (χ1n) is 7.34. The minimum Gasteiger partial charge on any atom is -0.492 e. The number of rotatable bonds is 7. The van der Waals surface area contributed by atoms with E-state index in [0.717, 1.165) is 12.8 Å². The van der Waals surface area contributed by atoms with E-state index in [9.17, 15) is 10.1 Å². The molecular formula is C15H22N2O4. The van der Waals surface area contributed by atoms with E-state index in [1.807, 2.05) is 0 Å². The Morgan fingerprint density at radius 1 is 1.38 bits per heavy atom. The summed E-state index contributed by atoms with van der Waals surface area (Å²) in [5.41, 5.74) is 0.0483. The Morgan fingerprint density at radius 3 is 2.95 bits per heavy atom. The third-order valence-corrected chi connectivity index (χ3v) is 3.81. The zero-order valence-electron chi connectivity index (χ0n) is 12.3. The maximum Gasteiger partial charge on any atom is 0.273 e. The predicted octanol–water partition coefficient (Wildman–Crippen LogP) is 2.52. The van der Waals surface area contributed by atoms with Crippen LogP contribution in [0, 0.1) is 10.1 Å². The summed E-state index contributed by atoms with van der Waals surface area (Å²) in [5, 5.41) is 14.1. The fraction of sp³-hybridized carbons (Fsp3) is 0.600. The van der Waals surface area contributed by atoms with Crippen molar-refractivity contribution >= 4 is 5.69 Å². The molecule has 1 fully saturated rings. The molecule has 0 bridgehead atoms. The SMILES string of the molecule is COC1CCCCC1NCCOc1cccc([N+](=O)[O-])c1. The number of nitro benzene ring substituents is 1. The van der Waals surface area contributed by atoms with Gasteiger partial charge in [-0.1, -0.05) is 18.9 Å². The topological polar surface area (TPSA) is 73.6 Å². The van der Waals surface area contributed by atoms with Gasteiger partial charge in [0.1, 0.15) is 12.4 Å². The molecule has 1 saturated carbocycles. The van der Waals surface area contributed by atoms with Gasteiger partial charge in [-0.05, 0) is 18.9 Å². The summed E-state index contributed by atoms with van der Waals surface area (Å²) in [6.07, 6.45) is 4.94. The second-order valence-electron chi connectivity index (χ2n) is 5.22. The van der Waals surface area contributed by atoms with E-state index in [1.54, 1.807) is 19.2 Å². The van der Waals surface area contributed by atoms with Crippen LogP contribution in [0.3, 0.4) is 0 Å². The molecule has 0 aliphatic heterocycles. The van der Waals surface area contributed by atoms with E-state index >= 15 is 0 Å². The molecule has 0 aromatic heterocycles. The van der Waals surface area contributed by atoms with Crippen molar-refractivity contribution in [1.29, 1.82) is 0 Å². The van der Waals surface area contributed by atoms with Crippen LogP contribution in [0.2, 0.25) is 0 Å². The Labute approximate surface area is 124 Å². The number of methoxy groups -OCH3 is 1. The lowest BCUT2D eigenvalue weighted by molar-refractivity contribution is -0.384. The van der Waals surface area contributed by atoms with Crippen LogP contribution in [0.4, 0.5) is 5.69 Å². The third-order valence-electron chi connectivity index (χ3n) is 3.81. The molecule has 6 heteroatoms. The molecule has 0 radical (unpaired) electrons. The van der Waals surface area contributed by atoms with Crippen molar-refractivity contribution < 1.29 is 14.4 Å². The zero-order chi connectivity index (χ0) is 15.1. The maximum absolute atomic E-state index is 10.7. The van der Waals surface area contributed by atoms with Crippen molar-refractivity contribution in [1.82, 2.24) is 5.32 Å². The molecule has 1 aromatic carbocycles. The number of ether oxygens (including phenoxy) is 2. The van der Waals surface area contributed by atoms with Crippen molar-refractivity contribution in [2.45, 2.75) is 37.8 Å². The Bertz CT molecular complexity index is 467. The van der Waals surface area contributed by atoms with E-state index in [4.69, 9.17) is 9.47 Å². The van der Waals surface area contributed by atoms with Gasteiger partial charge >= 0.3 is 0 Å². The summed E-state index contributed by atoms with van der Waals surface area (Å²) >= 11 is 0. The molecule has 0 amide bonds. The average molecular weight is 294 g/mol. The number of non-ortho nitro benzene ring substituents is 1. The molecule has 0 saturated heterocycles. The summed E-state index contributed by atoms with van der Waals surface area (Å²) in [6, 6.07) is 6.63. The number of hydrogen-bond acceptors (Lipinski definition) is 5. The van der Waals surface area contributed by atoms with Gasteiger partial charge in [-0.3, -0.25) is 10.1 Å². The van der Waals surface area contributed by atoms with Gasteiger partial charge in [0.2, 0.25) is 0 Å². The average Bonchev–Trinajstić information content (AvgIpc) is 2.52. The third kappa shape index (κ3) is 4.68. The highest BCUT2D eigenvalue weighted by molar-refractivity contribution is 5.37. The summed E-state index contributed by atoms with van der Waals surface area (Å²) < 4.78 is 11.0. The molecule has 1 aliphatic carbocycles. The van der Waals surface area contributed by atoms with E-state index in [0.29, 0.717) is 24.9 Å². The lowest BCUT2D eigenvalue weighted by Crippen LogP contribution is -2.44. The number of nitro groups is 1. The standard InChI is InChI=1S/C15H22N2O4/c1-20-15-8-3-2-7-14(15)16-9-10-21-13-6-4-5-12(11-13)17(18)19/h4-6,11,14-16H,2-3,7-10H2,1H3. The highest BCUT2D eigenvalue weighted by Crippen LogP contribution is 2.21. The van der Waals surface area contributed by atoms with Gasteiger partial charge in [0.15, 0.2) is 0 Å². The number of hydrogen-bond donors (Lipinski definition) is 1. The summed E-state index contributed by atoms with van der Waals surface area (Å²) in [4.78, 5) is 10.3. The molecule has 116 valence electrons. The molecule has 2 atom stereocenters. The molecule has 0 spiro atoms. The Balaban J connectivity index is 1.74. The molecule has 21 heavy (non-hydrogen) atoms. The monoisotopic (exact) mass is 294 g/mol. The maximum atomic E-state index is 10.7. The quantitative estimate of drug-likeness (QED) is 0.475. The molecule has 2 rings (SSSR count). The molecule has 2 unspecified atom stereocenters. The first-order chi connectivity index (χ1) is 10.2. The molecule has 1 aromatic rings. The van der Waals surface area contributed by atoms with Crippen molar-refractivity contribution in [2.75, 3.05) is 20.3 Å². The number of nitrogens with one attached hydrogen (secondary N) is 1. The van der Waals surface area contributed by atoms with Crippen molar-refractivity contribution in [3.8, 4) is 5.75 Å². The second-order valence-corrected chi connectivity index (χ2v) is 5.22. The van der Waals surface area contributed by atoms with Crippen molar-refractivity contribution in [3.05, 3.63) is 34.4 Å². The summed E-state index contributed by atoms with van der Waals surface area (Å²) in [5.74, 6) is 0.526. The molecule has 1 aliphatic rings. The van der Waals surface area contributed by atoms with Crippen molar-refractivity contribution in [2.24, 2.45) is 0 Å². The van der Waals surface area contributed by atoms with Gasteiger partial charge in [-0.15, -0.1) is 0 Å². The summed E-state index contributed by atoms with van der Waals surface area (Å²) in [6.45, 7) is 1.18. The van der Waals surface area contributed by atoms with Crippen LogP contribution in [-0.2, 0) is 4.74 Å². The predicted molar refractivity (Wildman–Crippen MR) is 79.6 cm³/mol. The van der Waals surface area contributed by atoms with Crippen LogP contribution in [0.5, 0.6) is 5.75 Å². The first-order valence-corrected chi connectivity index (χ1v) is 7.34. The normalized spacial score (nSPS) is 22.0. The zero-order valence-corrected chi connectivity index (χ0v) is 12.3. The second kappa shape index (κ2) is 7.95. The van der Waals surface area contributed by atoms with Gasteiger partial charge in [-0.25, -0.2) is 0 Å². The molecule has 0 heterocycles. The lowest BCUT2D eigenvalue weighted by atomic mass is 9.92. The van der Waals surface area contributed by atoms with E-state index in [2.05, 4.69) is 5.32 Å². The molecule has 1 N–H and O–H groups in total. The minimum atomic E-state index is -0.420. The van der Waals surface area contributed by atoms with Gasteiger partial charge in [0, 0.05) is 25.8 Å². The van der Waals surface area contributed by atoms with Crippen molar-refractivity contribution in [3.63, 3.8) is 0 Å². The fourth-order valence-corrected chi connectivity index (χ4v) is 2.71. The van der Waals surface area contributed by atoms with E-state index in [-0.39, 0.29) is 11.8 Å². The lowest BCUT2D eigenvalue weighted by Gasteiger charge is -2.31. The molecular weight excluding hydrogens is 272 g/mol. The van der Waals surface area contributed by atoms with Crippen LogP contribution in [0.25, 0.3) is 0 Å². The smallest absolute Gasteiger partial charge is 0.273 e. The van der Waals surface area contributed by atoms with E-state index in [1.165, 1.54) is 25.0 Å². The van der Waals surface area contributed by atoms with Gasteiger partial charge in [-0.2, -0.15) is 0 Å². The summed E-state index contributed by atoms with van der Waals surface area (Å²) in [7, 11) is 1.75. The Kier molecular flexibility index (Phi) is 5.95. The first kappa shape index (κ1) is 15.7.